The molecule has 1 aromatic heterocycles. The number of rotatable bonds is 9. The molecule has 0 aliphatic heterocycles. The first kappa shape index (κ1) is 40.3. The van der Waals surface area contributed by atoms with E-state index in [9.17, 15) is 0 Å². The third kappa shape index (κ3) is 6.72. The van der Waals surface area contributed by atoms with Gasteiger partial charge in [0.1, 0.15) is 0 Å². The topological polar surface area (TPSA) is 8.17 Å². The van der Waals surface area contributed by atoms with Crippen LogP contribution in [0.2, 0.25) is 0 Å². The minimum absolute atomic E-state index is 0.474. The standard InChI is InChI=1S/C67H46N2/c1-5-18-47(19-6-1)48-32-37-56(38-33-48)68(55-26-11-4-12-27-55)57-39-34-49(35-40-57)50-20-17-21-51(44-50)52-36-43-66-62(45-52)61-29-14-16-31-65(61)69(66)58-41-42-60-59-28-13-15-30-63(59)67(64(60)46-58,53-22-7-2-8-23-53)54-24-9-3-10-25-54/h1-46H. The molecule has 0 atom stereocenters. The summed E-state index contributed by atoms with van der Waals surface area (Å²) in [5.74, 6) is 0. The lowest BCUT2D eigenvalue weighted by Crippen LogP contribution is -2.28. The molecule has 2 nitrogen and oxygen atoms in total. The van der Waals surface area contributed by atoms with Crippen molar-refractivity contribution in [1.29, 1.82) is 0 Å². The van der Waals surface area contributed by atoms with Crippen LogP contribution in [-0.2, 0) is 5.41 Å². The molecule has 0 unspecified atom stereocenters. The maximum absolute atomic E-state index is 2.47. The van der Waals surface area contributed by atoms with E-state index < -0.39 is 5.41 Å². The van der Waals surface area contributed by atoms with Gasteiger partial charge in [-0.1, -0.05) is 206 Å². The van der Waals surface area contributed by atoms with Gasteiger partial charge in [0, 0.05) is 33.5 Å². The maximum atomic E-state index is 2.47. The van der Waals surface area contributed by atoms with Gasteiger partial charge in [0.05, 0.1) is 16.4 Å². The van der Waals surface area contributed by atoms with Crippen LogP contribution in [0.25, 0.3) is 72.0 Å². The molecular weight excluding hydrogens is 833 g/mol. The van der Waals surface area contributed by atoms with Gasteiger partial charge in [0.25, 0.3) is 0 Å². The summed E-state index contributed by atoms with van der Waals surface area (Å²) in [5.41, 5.74) is 21.3. The minimum atomic E-state index is -0.474. The van der Waals surface area contributed by atoms with Gasteiger partial charge in [0.2, 0.25) is 0 Å². The van der Waals surface area contributed by atoms with Gasteiger partial charge < -0.3 is 9.47 Å². The van der Waals surface area contributed by atoms with Crippen molar-refractivity contribution >= 4 is 38.9 Å². The lowest BCUT2D eigenvalue weighted by Gasteiger charge is -2.34. The Morgan fingerprint density at radius 2 is 0.739 bits per heavy atom. The van der Waals surface area contributed by atoms with Crippen LogP contribution in [0, 0.1) is 0 Å². The molecule has 69 heavy (non-hydrogen) atoms. The number of anilines is 3. The number of benzene rings is 11. The molecule has 0 bridgehead atoms. The predicted octanol–water partition coefficient (Wildman–Crippen LogP) is 17.6. The van der Waals surface area contributed by atoms with Crippen molar-refractivity contribution in [3.8, 4) is 50.2 Å². The first-order valence-corrected chi connectivity index (χ1v) is 23.8. The van der Waals surface area contributed by atoms with Crippen LogP contribution < -0.4 is 4.90 Å². The van der Waals surface area contributed by atoms with Crippen LogP contribution in [0.5, 0.6) is 0 Å². The fourth-order valence-corrected chi connectivity index (χ4v) is 11.1. The molecule has 1 aliphatic carbocycles. The van der Waals surface area contributed by atoms with Crippen molar-refractivity contribution < 1.29 is 0 Å². The Morgan fingerprint density at radius 3 is 1.42 bits per heavy atom. The Labute approximate surface area is 403 Å². The van der Waals surface area contributed by atoms with E-state index in [2.05, 4.69) is 289 Å². The zero-order chi connectivity index (χ0) is 45.7. The molecule has 0 spiro atoms. The van der Waals surface area contributed by atoms with E-state index in [1.165, 1.54) is 88.6 Å². The highest BCUT2D eigenvalue weighted by Crippen LogP contribution is 2.56. The van der Waals surface area contributed by atoms with Gasteiger partial charge >= 0.3 is 0 Å². The predicted molar refractivity (Wildman–Crippen MR) is 289 cm³/mol. The van der Waals surface area contributed by atoms with E-state index in [0.29, 0.717) is 0 Å². The molecule has 1 aliphatic rings. The van der Waals surface area contributed by atoms with E-state index in [0.717, 1.165) is 22.7 Å². The highest BCUT2D eigenvalue weighted by atomic mass is 15.1. The van der Waals surface area contributed by atoms with Crippen molar-refractivity contribution in [2.45, 2.75) is 5.41 Å². The molecule has 11 aromatic carbocycles. The zero-order valence-electron chi connectivity index (χ0n) is 38.0. The summed E-state index contributed by atoms with van der Waals surface area (Å²) in [7, 11) is 0. The van der Waals surface area contributed by atoms with Gasteiger partial charge in [-0.25, -0.2) is 0 Å². The van der Waals surface area contributed by atoms with Gasteiger partial charge in [-0.3, -0.25) is 0 Å². The quantitative estimate of drug-likeness (QED) is 0.140. The maximum Gasteiger partial charge on any atom is 0.0714 e. The van der Waals surface area contributed by atoms with Gasteiger partial charge in [-0.15, -0.1) is 0 Å². The van der Waals surface area contributed by atoms with Crippen LogP contribution in [0.1, 0.15) is 22.3 Å². The van der Waals surface area contributed by atoms with E-state index in [1.54, 1.807) is 0 Å². The van der Waals surface area contributed by atoms with E-state index in [1.807, 2.05) is 0 Å². The van der Waals surface area contributed by atoms with Crippen molar-refractivity contribution in [2.75, 3.05) is 4.90 Å². The van der Waals surface area contributed by atoms with E-state index in [-0.39, 0.29) is 0 Å². The second kappa shape index (κ2) is 16.7. The van der Waals surface area contributed by atoms with Crippen LogP contribution in [0.3, 0.4) is 0 Å². The van der Waals surface area contributed by atoms with Gasteiger partial charge in [-0.05, 0) is 140 Å². The number of fused-ring (bicyclic) bond motifs is 6. The normalized spacial score (nSPS) is 12.5. The second-order valence-electron chi connectivity index (χ2n) is 18.1. The van der Waals surface area contributed by atoms with Gasteiger partial charge in [-0.2, -0.15) is 0 Å². The number of hydrogen-bond donors (Lipinski definition) is 0. The van der Waals surface area contributed by atoms with Crippen molar-refractivity contribution in [2.24, 2.45) is 0 Å². The third-order valence-corrected chi connectivity index (χ3v) is 14.3. The molecule has 2 heteroatoms. The highest BCUT2D eigenvalue weighted by molar-refractivity contribution is 6.10. The number of para-hydroxylation sites is 2. The molecule has 0 saturated heterocycles. The van der Waals surface area contributed by atoms with Crippen molar-refractivity contribution in [1.82, 2.24) is 4.57 Å². The molecular formula is C67H46N2. The Kier molecular flexibility index (Phi) is 9.77. The highest BCUT2D eigenvalue weighted by Gasteiger charge is 2.46. The van der Waals surface area contributed by atoms with Crippen molar-refractivity contribution in [3.63, 3.8) is 0 Å². The lowest BCUT2D eigenvalue weighted by atomic mass is 9.67. The van der Waals surface area contributed by atoms with Crippen LogP contribution >= 0.6 is 0 Å². The fraction of sp³-hybridized carbons (Fsp3) is 0.0149. The van der Waals surface area contributed by atoms with Gasteiger partial charge in [0.15, 0.2) is 0 Å². The van der Waals surface area contributed by atoms with Crippen molar-refractivity contribution in [3.05, 3.63) is 301 Å². The Hall–Kier alpha value is -8.98. The summed E-state index contributed by atoms with van der Waals surface area (Å²) >= 11 is 0. The van der Waals surface area contributed by atoms with Crippen LogP contribution in [0.4, 0.5) is 17.1 Å². The van der Waals surface area contributed by atoms with Crippen LogP contribution in [0.15, 0.2) is 279 Å². The Bertz CT molecular complexity index is 3760. The summed E-state index contributed by atoms with van der Waals surface area (Å²) < 4.78 is 2.47. The molecule has 12 aromatic rings. The largest absolute Gasteiger partial charge is 0.311 e. The van der Waals surface area contributed by atoms with E-state index >= 15 is 0 Å². The Balaban J connectivity index is 0.874. The first-order valence-electron chi connectivity index (χ1n) is 23.8. The third-order valence-electron chi connectivity index (χ3n) is 14.3. The summed E-state index contributed by atoms with van der Waals surface area (Å²) in [6.45, 7) is 0. The number of hydrogen-bond acceptors (Lipinski definition) is 1. The minimum Gasteiger partial charge on any atom is -0.311 e. The summed E-state index contributed by atoms with van der Waals surface area (Å²) in [5, 5.41) is 2.47. The average Bonchev–Trinajstić information content (AvgIpc) is 3.92. The second-order valence-corrected chi connectivity index (χ2v) is 18.1. The number of nitrogens with zero attached hydrogens (tertiary/aromatic N) is 2. The summed E-state index contributed by atoms with van der Waals surface area (Å²) in [6, 6.07) is 102. The molecule has 0 radical (unpaired) electrons. The first-order chi connectivity index (χ1) is 34.2. The monoisotopic (exact) mass is 878 g/mol. The molecule has 0 saturated carbocycles. The molecule has 0 N–H and O–H groups in total. The fourth-order valence-electron chi connectivity index (χ4n) is 11.1. The zero-order valence-corrected chi connectivity index (χ0v) is 38.0. The SMILES string of the molecule is c1ccc(-c2ccc(N(c3ccccc3)c3ccc(-c4cccc(-c5ccc6c(c5)c5ccccc5n6-c5ccc6c(c5)C(c5ccccc5)(c5ccccc5)c5ccccc5-6)c4)cc3)cc2)cc1. The van der Waals surface area contributed by atoms with Crippen LogP contribution in [-0.4, -0.2) is 4.57 Å². The summed E-state index contributed by atoms with van der Waals surface area (Å²) in [4.78, 5) is 2.32. The Morgan fingerprint density at radius 1 is 0.275 bits per heavy atom. The molecule has 1 heterocycles. The molecule has 0 fully saturated rings. The average molecular weight is 879 g/mol. The van der Waals surface area contributed by atoms with E-state index in [4.69, 9.17) is 0 Å². The number of aromatic nitrogens is 1. The molecule has 13 rings (SSSR count). The lowest BCUT2D eigenvalue weighted by molar-refractivity contribution is 0.767. The smallest absolute Gasteiger partial charge is 0.0714 e. The molecule has 0 amide bonds. The molecule has 324 valence electrons. The summed E-state index contributed by atoms with van der Waals surface area (Å²) in [6.07, 6.45) is 0.